The summed E-state index contributed by atoms with van der Waals surface area (Å²) >= 11 is 0. The van der Waals surface area contributed by atoms with Crippen LogP contribution in [0, 0.1) is 16.0 Å². The maximum atomic E-state index is 12.4. The second kappa shape index (κ2) is 5.37. The third-order valence-corrected chi connectivity index (χ3v) is 5.17. The van der Waals surface area contributed by atoms with Gasteiger partial charge >= 0.3 is 0 Å². The lowest BCUT2D eigenvalue weighted by Gasteiger charge is -2.17. The lowest BCUT2D eigenvalue weighted by molar-refractivity contribution is -0.384. The van der Waals surface area contributed by atoms with Crippen LogP contribution in [-0.4, -0.2) is 38.3 Å². The first kappa shape index (κ1) is 14.7. The molecule has 7 nitrogen and oxygen atoms in total. The number of nitro groups is 1. The van der Waals surface area contributed by atoms with Crippen molar-refractivity contribution in [2.75, 3.05) is 26.0 Å². The van der Waals surface area contributed by atoms with Crippen LogP contribution in [0.25, 0.3) is 0 Å². The zero-order valence-corrected chi connectivity index (χ0v) is 12.2. The molecule has 0 aliphatic heterocycles. The molecule has 1 aromatic rings. The number of hydrogen-bond acceptors (Lipinski definition) is 5. The molecule has 2 rings (SSSR count). The third kappa shape index (κ3) is 2.91. The van der Waals surface area contributed by atoms with Gasteiger partial charge in [-0.3, -0.25) is 10.1 Å². The molecule has 1 aliphatic rings. The summed E-state index contributed by atoms with van der Waals surface area (Å²) in [5, 5.41) is 13.7. The number of hydrogen-bond donors (Lipinski definition) is 1. The number of nitro benzene ring substituents is 1. The minimum Gasteiger partial charge on any atom is -0.383 e. The molecule has 1 aromatic carbocycles. The largest absolute Gasteiger partial charge is 0.383 e. The van der Waals surface area contributed by atoms with Gasteiger partial charge in [-0.25, -0.2) is 12.7 Å². The minimum atomic E-state index is -3.67. The summed E-state index contributed by atoms with van der Waals surface area (Å²) in [6.07, 6.45) is 2.08. The second-order valence-corrected chi connectivity index (χ2v) is 6.96. The Morgan fingerprint density at radius 1 is 1.45 bits per heavy atom. The molecule has 0 heterocycles. The van der Waals surface area contributed by atoms with Gasteiger partial charge < -0.3 is 5.32 Å². The van der Waals surface area contributed by atoms with Crippen molar-refractivity contribution in [1.82, 2.24) is 4.31 Å². The van der Waals surface area contributed by atoms with Gasteiger partial charge in [-0.05, 0) is 30.9 Å². The van der Waals surface area contributed by atoms with Gasteiger partial charge in [0.25, 0.3) is 5.69 Å². The van der Waals surface area contributed by atoms with Crippen LogP contribution in [0.2, 0.25) is 0 Å². The van der Waals surface area contributed by atoms with E-state index >= 15 is 0 Å². The fourth-order valence-corrected chi connectivity index (χ4v) is 3.24. The van der Waals surface area contributed by atoms with Gasteiger partial charge in [-0.2, -0.15) is 0 Å². The molecule has 0 radical (unpaired) electrons. The van der Waals surface area contributed by atoms with Gasteiger partial charge in [0.1, 0.15) is 5.69 Å². The number of rotatable bonds is 6. The van der Waals surface area contributed by atoms with Crippen LogP contribution in [0.1, 0.15) is 12.8 Å². The first-order valence-electron chi connectivity index (χ1n) is 6.29. The molecule has 1 aliphatic carbocycles. The van der Waals surface area contributed by atoms with Gasteiger partial charge in [0.15, 0.2) is 0 Å². The lowest BCUT2D eigenvalue weighted by atomic mass is 10.3. The van der Waals surface area contributed by atoms with E-state index in [0.29, 0.717) is 18.2 Å². The normalized spacial score (nSPS) is 15.3. The SMILES string of the molecule is CNc1ccc(S(=O)(=O)N(C)CC2CC2)cc1[N+](=O)[O-]. The number of nitrogens with one attached hydrogen (secondary N) is 1. The predicted molar refractivity (Wildman–Crippen MR) is 75.2 cm³/mol. The molecule has 0 saturated heterocycles. The molecule has 0 unspecified atom stereocenters. The van der Waals surface area contributed by atoms with Crippen LogP contribution in [0.15, 0.2) is 23.1 Å². The summed E-state index contributed by atoms with van der Waals surface area (Å²) < 4.78 is 26.0. The molecule has 0 spiro atoms. The van der Waals surface area contributed by atoms with Crippen LogP contribution in [-0.2, 0) is 10.0 Å². The van der Waals surface area contributed by atoms with Crippen LogP contribution in [0.4, 0.5) is 11.4 Å². The molecule has 20 heavy (non-hydrogen) atoms. The molecule has 0 amide bonds. The zero-order valence-electron chi connectivity index (χ0n) is 11.4. The van der Waals surface area contributed by atoms with Gasteiger partial charge in [0.2, 0.25) is 10.0 Å². The summed E-state index contributed by atoms with van der Waals surface area (Å²) in [6.45, 7) is 0.462. The van der Waals surface area contributed by atoms with E-state index in [9.17, 15) is 18.5 Å². The highest BCUT2D eigenvalue weighted by atomic mass is 32.2. The van der Waals surface area contributed by atoms with Crippen molar-refractivity contribution in [2.45, 2.75) is 17.7 Å². The first-order chi connectivity index (χ1) is 9.36. The molecule has 8 heteroatoms. The molecule has 110 valence electrons. The molecular formula is C12H17N3O4S. The van der Waals surface area contributed by atoms with Gasteiger partial charge in [-0.1, -0.05) is 0 Å². The fourth-order valence-electron chi connectivity index (χ4n) is 1.98. The molecule has 1 fully saturated rings. The number of benzene rings is 1. The minimum absolute atomic E-state index is 0.0497. The van der Waals surface area contributed by atoms with Crippen molar-refractivity contribution in [3.05, 3.63) is 28.3 Å². The average Bonchev–Trinajstić information content (AvgIpc) is 3.21. The highest BCUT2D eigenvalue weighted by molar-refractivity contribution is 7.89. The average molecular weight is 299 g/mol. The standard InChI is InChI=1S/C12H17N3O4S/c1-13-11-6-5-10(7-12(11)15(16)17)20(18,19)14(2)8-9-3-4-9/h5-7,9,13H,3-4,8H2,1-2H3. The first-order valence-corrected chi connectivity index (χ1v) is 7.73. The van der Waals surface area contributed by atoms with Gasteiger partial charge in [0, 0.05) is 26.7 Å². The summed E-state index contributed by atoms with van der Waals surface area (Å²) in [5.41, 5.74) is 0.0483. The Bertz CT molecular complexity index is 626. The maximum absolute atomic E-state index is 12.4. The Morgan fingerprint density at radius 2 is 2.10 bits per heavy atom. The van der Waals surface area contributed by atoms with Crippen molar-refractivity contribution in [2.24, 2.45) is 5.92 Å². The Morgan fingerprint density at radius 3 is 2.60 bits per heavy atom. The van der Waals surface area contributed by atoms with E-state index in [1.165, 1.54) is 23.5 Å². The van der Waals surface area contributed by atoms with E-state index in [4.69, 9.17) is 0 Å². The van der Waals surface area contributed by atoms with Gasteiger partial charge in [-0.15, -0.1) is 0 Å². The second-order valence-electron chi connectivity index (χ2n) is 4.91. The monoisotopic (exact) mass is 299 g/mol. The number of anilines is 1. The summed E-state index contributed by atoms with van der Waals surface area (Å²) in [6, 6.07) is 3.90. The molecule has 0 atom stereocenters. The van der Waals surface area contributed by atoms with E-state index in [0.717, 1.165) is 18.9 Å². The summed E-state index contributed by atoms with van der Waals surface area (Å²) in [7, 11) is -0.617. The van der Waals surface area contributed by atoms with E-state index < -0.39 is 14.9 Å². The molecular weight excluding hydrogens is 282 g/mol. The Balaban J connectivity index is 2.35. The summed E-state index contributed by atoms with van der Waals surface area (Å²) in [4.78, 5) is 10.3. The Labute approximate surface area is 117 Å². The predicted octanol–water partition coefficient (Wildman–Crippen LogP) is 1.67. The lowest BCUT2D eigenvalue weighted by Crippen LogP contribution is -2.29. The Kier molecular flexibility index (Phi) is 3.96. The van der Waals surface area contributed by atoms with Crippen molar-refractivity contribution in [3.63, 3.8) is 0 Å². The van der Waals surface area contributed by atoms with Crippen molar-refractivity contribution in [1.29, 1.82) is 0 Å². The van der Waals surface area contributed by atoms with E-state index in [1.807, 2.05) is 0 Å². The molecule has 1 saturated carbocycles. The van der Waals surface area contributed by atoms with Crippen molar-refractivity contribution < 1.29 is 13.3 Å². The number of nitrogens with zero attached hydrogens (tertiary/aromatic N) is 2. The van der Waals surface area contributed by atoms with E-state index in [-0.39, 0.29) is 10.6 Å². The van der Waals surface area contributed by atoms with E-state index in [2.05, 4.69) is 5.32 Å². The maximum Gasteiger partial charge on any atom is 0.293 e. The molecule has 1 N–H and O–H groups in total. The fraction of sp³-hybridized carbons (Fsp3) is 0.500. The number of sulfonamides is 1. The third-order valence-electron chi connectivity index (χ3n) is 3.36. The molecule has 0 aromatic heterocycles. The molecule has 0 bridgehead atoms. The highest BCUT2D eigenvalue weighted by Gasteiger charge is 2.30. The Hall–Kier alpha value is -1.67. The smallest absolute Gasteiger partial charge is 0.293 e. The van der Waals surface area contributed by atoms with Crippen molar-refractivity contribution in [3.8, 4) is 0 Å². The quantitative estimate of drug-likeness (QED) is 0.637. The highest BCUT2D eigenvalue weighted by Crippen LogP contribution is 2.32. The van der Waals surface area contributed by atoms with Crippen LogP contribution < -0.4 is 5.32 Å². The van der Waals surface area contributed by atoms with Crippen molar-refractivity contribution >= 4 is 21.4 Å². The zero-order chi connectivity index (χ0) is 14.9. The summed E-state index contributed by atoms with van der Waals surface area (Å²) in [5.74, 6) is 0.418. The van der Waals surface area contributed by atoms with Crippen LogP contribution >= 0.6 is 0 Å². The van der Waals surface area contributed by atoms with Crippen LogP contribution in [0.3, 0.4) is 0 Å². The van der Waals surface area contributed by atoms with E-state index in [1.54, 1.807) is 7.05 Å². The topological polar surface area (TPSA) is 92.6 Å². The van der Waals surface area contributed by atoms with Gasteiger partial charge in [0.05, 0.1) is 9.82 Å². The van der Waals surface area contributed by atoms with Crippen LogP contribution in [0.5, 0.6) is 0 Å².